The van der Waals surface area contributed by atoms with Crippen molar-refractivity contribution in [1.82, 2.24) is 5.43 Å². The minimum absolute atomic E-state index is 0.329. The zero-order valence-electron chi connectivity index (χ0n) is 15.4. The van der Waals surface area contributed by atoms with Crippen molar-refractivity contribution in [3.05, 3.63) is 45.8 Å². The predicted molar refractivity (Wildman–Crippen MR) is 105 cm³/mol. The lowest BCUT2D eigenvalue weighted by Gasteiger charge is -2.06. The largest absolute Gasteiger partial charge is 0.497 e. The van der Waals surface area contributed by atoms with Crippen molar-refractivity contribution in [3.8, 4) is 5.75 Å². The molecule has 1 aliphatic carbocycles. The van der Waals surface area contributed by atoms with Crippen LogP contribution in [0.4, 0.5) is 5.00 Å². The smallest absolute Gasteiger partial charge is 0.341 e. The van der Waals surface area contributed by atoms with Crippen LogP contribution in [0.25, 0.3) is 0 Å². The number of nitrogens with one attached hydrogen (secondary N) is 2. The number of esters is 1. The molecule has 3 rings (SSSR count). The average molecular weight is 401 g/mol. The van der Waals surface area contributed by atoms with Crippen molar-refractivity contribution in [2.45, 2.75) is 19.3 Å². The number of rotatable bonds is 5. The Morgan fingerprint density at radius 1 is 1.11 bits per heavy atom. The van der Waals surface area contributed by atoms with Gasteiger partial charge in [-0.2, -0.15) is 5.10 Å². The Bertz CT molecular complexity index is 934. The predicted octanol–water partition coefficient (Wildman–Crippen LogP) is 2.12. The van der Waals surface area contributed by atoms with E-state index in [9.17, 15) is 14.4 Å². The molecule has 0 atom stereocenters. The van der Waals surface area contributed by atoms with Gasteiger partial charge < -0.3 is 14.8 Å². The van der Waals surface area contributed by atoms with E-state index in [-0.39, 0.29) is 0 Å². The maximum absolute atomic E-state index is 12.2. The fourth-order valence-corrected chi connectivity index (χ4v) is 4.15. The Morgan fingerprint density at radius 3 is 2.54 bits per heavy atom. The highest BCUT2D eigenvalue weighted by Gasteiger charge is 2.29. The summed E-state index contributed by atoms with van der Waals surface area (Å²) in [5.41, 5.74) is 4.12. The monoisotopic (exact) mass is 401 g/mol. The fourth-order valence-electron chi connectivity index (χ4n) is 2.88. The zero-order chi connectivity index (χ0) is 20.1. The van der Waals surface area contributed by atoms with Crippen molar-refractivity contribution in [2.75, 3.05) is 19.5 Å². The Morgan fingerprint density at radius 2 is 1.86 bits per heavy atom. The van der Waals surface area contributed by atoms with E-state index >= 15 is 0 Å². The lowest BCUT2D eigenvalue weighted by molar-refractivity contribution is -0.136. The summed E-state index contributed by atoms with van der Waals surface area (Å²) in [4.78, 5) is 37.3. The Labute approximate surface area is 165 Å². The van der Waals surface area contributed by atoms with E-state index < -0.39 is 17.8 Å². The number of ether oxygens (including phenoxy) is 2. The molecule has 28 heavy (non-hydrogen) atoms. The number of anilines is 1. The topological polar surface area (TPSA) is 106 Å². The Balaban J connectivity index is 1.64. The number of carbonyl (C=O) groups excluding carboxylic acids is 3. The van der Waals surface area contributed by atoms with Gasteiger partial charge in [-0.1, -0.05) is 0 Å². The van der Waals surface area contributed by atoms with E-state index in [1.165, 1.54) is 24.7 Å². The van der Waals surface area contributed by atoms with Crippen LogP contribution in [0.2, 0.25) is 0 Å². The first-order chi connectivity index (χ1) is 13.5. The van der Waals surface area contributed by atoms with Gasteiger partial charge in [0.15, 0.2) is 0 Å². The minimum atomic E-state index is -0.936. The lowest BCUT2D eigenvalue weighted by Crippen LogP contribution is -2.32. The molecular weight excluding hydrogens is 382 g/mol. The van der Waals surface area contributed by atoms with Crippen LogP contribution < -0.4 is 15.5 Å². The number of carbonyl (C=O) groups is 3. The van der Waals surface area contributed by atoms with Crippen LogP contribution in [0.15, 0.2) is 29.4 Å². The second-order valence-corrected chi connectivity index (χ2v) is 7.08. The highest BCUT2D eigenvalue weighted by Crippen LogP contribution is 2.39. The number of hydrazone groups is 1. The van der Waals surface area contributed by atoms with Crippen LogP contribution in [-0.2, 0) is 27.2 Å². The van der Waals surface area contributed by atoms with Crippen molar-refractivity contribution >= 4 is 40.3 Å². The molecule has 0 saturated heterocycles. The highest BCUT2D eigenvalue weighted by atomic mass is 32.1. The molecule has 0 unspecified atom stereocenters. The van der Waals surface area contributed by atoms with Crippen molar-refractivity contribution < 1.29 is 23.9 Å². The molecule has 0 fully saturated rings. The van der Waals surface area contributed by atoms with Crippen LogP contribution in [0.3, 0.4) is 0 Å². The number of amides is 2. The third-order valence-electron chi connectivity index (χ3n) is 4.24. The van der Waals surface area contributed by atoms with Gasteiger partial charge >= 0.3 is 17.8 Å². The summed E-state index contributed by atoms with van der Waals surface area (Å²) in [6.07, 6.45) is 3.97. The van der Waals surface area contributed by atoms with E-state index in [4.69, 9.17) is 9.47 Å². The van der Waals surface area contributed by atoms with Crippen LogP contribution in [0.1, 0.15) is 32.8 Å². The number of hydrogen-bond donors (Lipinski definition) is 2. The van der Waals surface area contributed by atoms with Crippen LogP contribution in [-0.4, -0.2) is 38.2 Å². The van der Waals surface area contributed by atoms with E-state index in [2.05, 4.69) is 15.8 Å². The van der Waals surface area contributed by atoms with Gasteiger partial charge in [0.25, 0.3) is 0 Å². The molecule has 2 N–H and O–H groups in total. The molecule has 146 valence electrons. The van der Waals surface area contributed by atoms with Crippen molar-refractivity contribution in [2.24, 2.45) is 5.10 Å². The summed E-state index contributed by atoms with van der Waals surface area (Å²) in [5, 5.41) is 6.59. The summed E-state index contributed by atoms with van der Waals surface area (Å²) < 4.78 is 9.87. The number of nitrogens with zero attached hydrogens (tertiary/aromatic N) is 1. The standard InChI is InChI=1S/C19H19N3O5S/c1-26-12-8-6-11(7-9-12)10-20-22-17(24)16(23)21-18-15(19(25)27-2)13-4-3-5-14(13)28-18/h6-10H,3-5H2,1-2H3,(H,21,23)(H,22,24)/b20-10+. The van der Waals surface area contributed by atoms with Gasteiger partial charge in [-0.25, -0.2) is 10.2 Å². The molecule has 0 saturated carbocycles. The van der Waals surface area contributed by atoms with Crippen LogP contribution >= 0.6 is 11.3 Å². The average Bonchev–Trinajstić information content (AvgIpc) is 3.28. The molecule has 2 amide bonds. The van der Waals surface area contributed by atoms with Crippen molar-refractivity contribution in [3.63, 3.8) is 0 Å². The molecule has 9 heteroatoms. The maximum Gasteiger partial charge on any atom is 0.341 e. The van der Waals surface area contributed by atoms with Crippen LogP contribution in [0.5, 0.6) is 5.75 Å². The van der Waals surface area contributed by atoms with E-state index in [1.807, 2.05) is 0 Å². The second-order valence-electron chi connectivity index (χ2n) is 5.98. The van der Waals surface area contributed by atoms with E-state index in [0.29, 0.717) is 16.3 Å². The molecule has 0 spiro atoms. The van der Waals surface area contributed by atoms with Gasteiger partial charge in [0, 0.05) is 4.88 Å². The first-order valence-electron chi connectivity index (χ1n) is 8.54. The van der Waals surface area contributed by atoms with Gasteiger partial charge in [-0.05, 0) is 54.7 Å². The number of methoxy groups -OCH3 is 2. The summed E-state index contributed by atoms with van der Waals surface area (Å²) in [6, 6.07) is 7.01. The Kier molecular flexibility index (Phi) is 6.05. The Hall–Kier alpha value is -3.20. The fraction of sp³-hybridized carbons (Fsp3) is 0.263. The van der Waals surface area contributed by atoms with Gasteiger partial charge in [-0.3, -0.25) is 9.59 Å². The van der Waals surface area contributed by atoms with Crippen molar-refractivity contribution in [1.29, 1.82) is 0 Å². The number of fused-ring (bicyclic) bond motifs is 1. The summed E-state index contributed by atoms with van der Waals surface area (Å²) in [5.74, 6) is -1.66. The maximum atomic E-state index is 12.2. The summed E-state index contributed by atoms with van der Waals surface area (Å²) in [7, 11) is 2.85. The second kappa shape index (κ2) is 8.66. The van der Waals surface area contributed by atoms with E-state index in [1.54, 1.807) is 31.4 Å². The third kappa shape index (κ3) is 4.20. The minimum Gasteiger partial charge on any atom is -0.497 e. The molecule has 8 nitrogen and oxygen atoms in total. The number of thiophene rings is 1. The highest BCUT2D eigenvalue weighted by molar-refractivity contribution is 7.17. The first kappa shape index (κ1) is 19.6. The van der Waals surface area contributed by atoms with Crippen LogP contribution in [0, 0.1) is 0 Å². The molecule has 0 bridgehead atoms. The van der Waals surface area contributed by atoms with Gasteiger partial charge in [0.05, 0.1) is 26.0 Å². The van der Waals surface area contributed by atoms with Gasteiger partial charge in [0.2, 0.25) is 0 Å². The molecule has 1 aromatic carbocycles. The molecule has 0 radical (unpaired) electrons. The van der Waals surface area contributed by atoms with Gasteiger partial charge in [-0.15, -0.1) is 11.3 Å². The zero-order valence-corrected chi connectivity index (χ0v) is 16.2. The number of hydrogen-bond acceptors (Lipinski definition) is 7. The number of benzene rings is 1. The molecule has 0 aliphatic heterocycles. The SMILES string of the molecule is COC(=O)c1c(NC(=O)C(=O)N/N=C/c2ccc(OC)cc2)sc2c1CCC2. The summed E-state index contributed by atoms with van der Waals surface area (Å²) >= 11 is 1.30. The quantitative estimate of drug-likeness (QED) is 0.345. The molecule has 1 aliphatic rings. The lowest BCUT2D eigenvalue weighted by atomic mass is 10.1. The third-order valence-corrected chi connectivity index (χ3v) is 5.45. The molecule has 2 aromatic rings. The van der Waals surface area contributed by atoms with Gasteiger partial charge in [0.1, 0.15) is 10.8 Å². The summed E-state index contributed by atoms with van der Waals surface area (Å²) in [6.45, 7) is 0. The first-order valence-corrected chi connectivity index (χ1v) is 9.36. The molecule has 1 heterocycles. The van der Waals surface area contributed by atoms with E-state index in [0.717, 1.165) is 35.3 Å². The normalized spacial score (nSPS) is 12.5. The number of aryl methyl sites for hydroxylation is 1. The molecular formula is C19H19N3O5S. The molecule has 1 aromatic heterocycles.